The average Bonchev–Trinajstić information content (AvgIpc) is 2.89. The lowest BCUT2D eigenvalue weighted by atomic mass is 10.0. The lowest BCUT2D eigenvalue weighted by Gasteiger charge is -2.30. The van der Waals surface area contributed by atoms with E-state index in [1.165, 1.54) is 62.5 Å². The van der Waals surface area contributed by atoms with Crippen LogP contribution in [0, 0.1) is 5.92 Å². The summed E-state index contributed by atoms with van der Waals surface area (Å²) in [5.74, 6) is 0.778. The van der Waals surface area contributed by atoms with Gasteiger partial charge in [-0.2, -0.15) is 0 Å². The molecule has 4 heteroatoms. The Morgan fingerprint density at radius 2 is 1.46 bits per heavy atom. The molecule has 0 N–H and O–H groups in total. The van der Waals surface area contributed by atoms with Gasteiger partial charge in [-0.25, -0.2) is 0 Å². The zero-order valence-corrected chi connectivity index (χ0v) is 24.1. The van der Waals surface area contributed by atoms with Crippen LogP contribution in [0.25, 0.3) is 0 Å². The number of para-hydroxylation sites is 1. The molecule has 4 nitrogen and oxygen atoms in total. The van der Waals surface area contributed by atoms with Gasteiger partial charge in [-0.3, -0.25) is 4.79 Å². The molecule has 2 aromatic rings. The van der Waals surface area contributed by atoms with Gasteiger partial charge in [-0.15, -0.1) is 0 Å². The predicted octanol–water partition coefficient (Wildman–Crippen LogP) is 7.98. The standard InChI is InChI=1S/C33H52NO3/c1-5-6-7-8-9-10-11-15-21-31-22-16-17-23-32(31)36-26-18-27-37-33(35)29(2)24-25-34(3,4)28-30-19-13-12-14-20-30/h12-14,16-17,19-20,22-23,29H,5-11,15,18,21,24-28H2,1-4H3/q+1. The van der Waals surface area contributed by atoms with Crippen LogP contribution in [0.3, 0.4) is 0 Å². The van der Waals surface area contributed by atoms with Crippen LogP contribution >= 0.6 is 0 Å². The molecule has 2 aromatic carbocycles. The number of aryl methyl sites for hydroxylation is 1. The van der Waals surface area contributed by atoms with E-state index in [1.807, 2.05) is 19.1 Å². The molecule has 206 valence electrons. The number of quaternary nitrogens is 1. The molecule has 0 heterocycles. The fourth-order valence-corrected chi connectivity index (χ4v) is 4.67. The Morgan fingerprint density at radius 3 is 2.19 bits per heavy atom. The predicted molar refractivity (Wildman–Crippen MR) is 155 cm³/mol. The van der Waals surface area contributed by atoms with Crippen LogP contribution in [-0.2, 0) is 22.5 Å². The van der Waals surface area contributed by atoms with Crippen molar-refractivity contribution in [2.75, 3.05) is 33.9 Å². The fourth-order valence-electron chi connectivity index (χ4n) is 4.67. The van der Waals surface area contributed by atoms with Crippen molar-refractivity contribution in [3.63, 3.8) is 0 Å². The third-order valence-electron chi connectivity index (χ3n) is 7.09. The van der Waals surface area contributed by atoms with Crippen molar-refractivity contribution in [2.24, 2.45) is 5.92 Å². The molecule has 2 rings (SSSR count). The highest BCUT2D eigenvalue weighted by Crippen LogP contribution is 2.21. The number of ether oxygens (including phenoxy) is 2. The quantitative estimate of drug-likeness (QED) is 0.103. The molecule has 0 radical (unpaired) electrons. The molecule has 37 heavy (non-hydrogen) atoms. The number of hydrogen-bond acceptors (Lipinski definition) is 3. The SMILES string of the molecule is CCCCCCCCCCc1ccccc1OCCCOC(=O)C(C)CC[N+](C)(C)Cc1ccccc1. The lowest BCUT2D eigenvalue weighted by Crippen LogP contribution is -2.40. The number of esters is 1. The van der Waals surface area contributed by atoms with Crippen molar-refractivity contribution in [2.45, 2.75) is 91.0 Å². The van der Waals surface area contributed by atoms with Crippen LogP contribution in [0.1, 0.15) is 89.2 Å². The Labute approximate surface area is 227 Å². The molecule has 0 aromatic heterocycles. The summed E-state index contributed by atoms with van der Waals surface area (Å²) in [7, 11) is 4.43. The van der Waals surface area contributed by atoms with E-state index in [9.17, 15) is 4.79 Å². The van der Waals surface area contributed by atoms with Gasteiger partial charge in [0.05, 0.1) is 39.8 Å². The molecule has 0 spiro atoms. The van der Waals surface area contributed by atoms with Gasteiger partial charge in [0.25, 0.3) is 0 Å². The highest BCUT2D eigenvalue weighted by atomic mass is 16.5. The third kappa shape index (κ3) is 13.7. The second-order valence-electron chi connectivity index (χ2n) is 11.2. The summed E-state index contributed by atoms with van der Waals surface area (Å²) in [6, 6.07) is 18.9. The zero-order valence-electron chi connectivity index (χ0n) is 24.1. The first kappa shape index (κ1) is 30.9. The maximum atomic E-state index is 12.5. The molecule has 0 aliphatic heterocycles. The number of unbranched alkanes of at least 4 members (excludes halogenated alkanes) is 7. The molecule has 0 aliphatic carbocycles. The van der Waals surface area contributed by atoms with Gasteiger partial charge in [0.2, 0.25) is 0 Å². The van der Waals surface area contributed by atoms with Crippen LogP contribution in [0.15, 0.2) is 54.6 Å². The van der Waals surface area contributed by atoms with Crippen LogP contribution in [0.5, 0.6) is 5.75 Å². The van der Waals surface area contributed by atoms with Gasteiger partial charge in [-0.05, 0) is 24.5 Å². The fraction of sp³-hybridized carbons (Fsp3) is 0.606. The molecule has 1 atom stereocenters. The Bertz CT molecular complexity index is 865. The van der Waals surface area contributed by atoms with E-state index in [0.29, 0.717) is 19.6 Å². The molecule has 0 amide bonds. The molecular weight excluding hydrogens is 458 g/mol. The maximum Gasteiger partial charge on any atom is 0.308 e. The summed E-state index contributed by atoms with van der Waals surface area (Å²) in [5.41, 5.74) is 2.61. The number of nitrogens with zero attached hydrogens (tertiary/aromatic N) is 1. The molecular formula is C33H52NO3+. The van der Waals surface area contributed by atoms with Gasteiger partial charge in [0.1, 0.15) is 12.3 Å². The molecule has 1 unspecified atom stereocenters. The van der Waals surface area contributed by atoms with Crippen molar-refractivity contribution < 1.29 is 18.8 Å². The van der Waals surface area contributed by atoms with E-state index in [-0.39, 0.29) is 11.9 Å². The monoisotopic (exact) mass is 510 g/mol. The van der Waals surface area contributed by atoms with E-state index in [2.05, 4.69) is 63.5 Å². The first-order valence-electron chi connectivity index (χ1n) is 14.6. The number of benzene rings is 2. The zero-order chi connectivity index (χ0) is 26.8. The maximum absolute atomic E-state index is 12.5. The minimum absolute atomic E-state index is 0.0959. The van der Waals surface area contributed by atoms with Crippen LogP contribution in [0.2, 0.25) is 0 Å². The summed E-state index contributed by atoms with van der Waals surface area (Å²) in [4.78, 5) is 12.5. The minimum Gasteiger partial charge on any atom is -0.493 e. The van der Waals surface area contributed by atoms with Crippen molar-refractivity contribution in [3.8, 4) is 5.75 Å². The van der Waals surface area contributed by atoms with E-state index in [0.717, 1.165) is 36.2 Å². The van der Waals surface area contributed by atoms with Crippen LogP contribution < -0.4 is 4.74 Å². The number of rotatable bonds is 20. The Hall–Kier alpha value is -2.33. The number of carbonyl (C=O) groups is 1. The Morgan fingerprint density at radius 1 is 0.811 bits per heavy atom. The topological polar surface area (TPSA) is 35.5 Å². The Kier molecular flexibility index (Phi) is 15.0. The molecule has 0 aliphatic rings. The summed E-state index contributed by atoms with van der Waals surface area (Å²) in [5, 5.41) is 0. The van der Waals surface area contributed by atoms with E-state index < -0.39 is 0 Å². The highest BCUT2D eigenvalue weighted by molar-refractivity contribution is 5.71. The van der Waals surface area contributed by atoms with Gasteiger partial charge in [0, 0.05) is 18.4 Å². The first-order valence-corrected chi connectivity index (χ1v) is 14.6. The smallest absolute Gasteiger partial charge is 0.308 e. The Balaban J connectivity index is 1.59. The van der Waals surface area contributed by atoms with Gasteiger partial charge >= 0.3 is 5.97 Å². The lowest BCUT2D eigenvalue weighted by molar-refractivity contribution is -0.904. The van der Waals surface area contributed by atoms with Crippen molar-refractivity contribution in [1.29, 1.82) is 0 Å². The van der Waals surface area contributed by atoms with Crippen LogP contribution in [-0.4, -0.2) is 44.3 Å². The average molecular weight is 511 g/mol. The molecule has 0 saturated carbocycles. The van der Waals surface area contributed by atoms with Crippen molar-refractivity contribution in [1.82, 2.24) is 0 Å². The number of carbonyl (C=O) groups excluding carboxylic acids is 1. The number of hydrogen-bond donors (Lipinski definition) is 0. The summed E-state index contributed by atoms with van der Waals surface area (Å²) in [6.45, 7) is 7.11. The van der Waals surface area contributed by atoms with Gasteiger partial charge in [-0.1, -0.05) is 107 Å². The minimum atomic E-state index is -0.102. The van der Waals surface area contributed by atoms with E-state index >= 15 is 0 Å². The van der Waals surface area contributed by atoms with Crippen LogP contribution in [0.4, 0.5) is 0 Å². The summed E-state index contributed by atoms with van der Waals surface area (Å²) < 4.78 is 12.5. The molecule has 0 bridgehead atoms. The largest absolute Gasteiger partial charge is 0.493 e. The van der Waals surface area contributed by atoms with E-state index in [1.54, 1.807) is 0 Å². The molecule has 0 fully saturated rings. The molecule has 0 saturated heterocycles. The first-order chi connectivity index (χ1) is 17.9. The highest BCUT2D eigenvalue weighted by Gasteiger charge is 2.21. The normalized spacial score (nSPS) is 12.3. The van der Waals surface area contributed by atoms with Crippen molar-refractivity contribution in [3.05, 3.63) is 65.7 Å². The second-order valence-corrected chi connectivity index (χ2v) is 11.2. The third-order valence-corrected chi connectivity index (χ3v) is 7.09. The van der Waals surface area contributed by atoms with E-state index in [4.69, 9.17) is 9.47 Å². The summed E-state index contributed by atoms with van der Waals surface area (Å²) >= 11 is 0. The van der Waals surface area contributed by atoms with Gasteiger partial charge < -0.3 is 14.0 Å². The van der Waals surface area contributed by atoms with Gasteiger partial charge in [0.15, 0.2) is 0 Å². The van der Waals surface area contributed by atoms with Crippen molar-refractivity contribution >= 4 is 5.97 Å². The summed E-state index contributed by atoms with van der Waals surface area (Å²) in [6.07, 6.45) is 13.2. The second kappa shape index (κ2) is 18.0.